The number of amides is 1. The van der Waals surface area contributed by atoms with E-state index in [0.29, 0.717) is 22.5 Å². The first-order valence-electron chi connectivity index (χ1n) is 9.72. The average Bonchev–Trinajstić information content (AvgIpc) is 3.06. The third-order valence-electron chi connectivity index (χ3n) is 5.34. The number of hydrogen-bond acceptors (Lipinski definition) is 5. The van der Waals surface area contributed by atoms with Gasteiger partial charge in [0.25, 0.3) is 11.7 Å². The van der Waals surface area contributed by atoms with Crippen molar-refractivity contribution in [1.82, 2.24) is 4.98 Å². The van der Waals surface area contributed by atoms with Gasteiger partial charge in [-0.2, -0.15) is 5.26 Å². The lowest BCUT2D eigenvalue weighted by atomic mass is 9.95. The molecule has 6 nitrogen and oxygen atoms in total. The molecule has 1 saturated heterocycles. The summed E-state index contributed by atoms with van der Waals surface area (Å²) < 4.78 is 0. The first-order valence-corrected chi connectivity index (χ1v) is 9.72. The Hall–Kier alpha value is -4.24. The van der Waals surface area contributed by atoms with Crippen LogP contribution in [0.4, 0.5) is 5.69 Å². The molecule has 1 unspecified atom stereocenters. The number of nitrogens with zero attached hydrogens (tertiary/aromatic N) is 3. The lowest BCUT2D eigenvalue weighted by Crippen LogP contribution is -2.29. The average molecular weight is 409 g/mol. The molecular weight excluding hydrogens is 390 g/mol. The topological polar surface area (TPSA) is 94.3 Å². The molecule has 2 heterocycles. The summed E-state index contributed by atoms with van der Waals surface area (Å²) in [5.74, 6) is -1.77. The van der Waals surface area contributed by atoms with Crippen molar-refractivity contribution in [3.63, 3.8) is 0 Å². The molecule has 1 atom stereocenters. The summed E-state index contributed by atoms with van der Waals surface area (Å²) in [6.45, 7) is 3.72. The van der Waals surface area contributed by atoms with E-state index in [2.05, 4.69) is 4.98 Å². The Morgan fingerprint density at radius 1 is 1.06 bits per heavy atom. The van der Waals surface area contributed by atoms with Crippen molar-refractivity contribution in [2.24, 2.45) is 0 Å². The van der Waals surface area contributed by atoms with Crippen molar-refractivity contribution in [3.8, 4) is 6.07 Å². The van der Waals surface area contributed by atoms with Crippen LogP contribution in [0.2, 0.25) is 0 Å². The number of benzene rings is 2. The minimum atomic E-state index is -0.894. The highest BCUT2D eigenvalue weighted by Crippen LogP contribution is 2.41. The number of aromatic nitrogens is 1. The molecule has 31 heavy (non-hydrogen) atoms. The number of nitriles is 1. The molecule has 0 spiro atoms. The van der Waals surface area contributed by atoms with Crippen LogP contribution in [0.5, 0.6) is 0 Å². The van der Waals surface area contributed by atoms with Crippen LogP contribution in [0.1, 0.15) is 34.0 Å². The molecule has 0 radical (unpaired) electrons. The Morgan fingerprint density at radius 2 is 1.81 bits per heavy atom. The van der Waals surface area contributed by atoms with E-state index in [1.54, 1.807) is 54.7 Å². The van der Waals surface area contributed by atoms with Gasteiger partial charge in [0.2, 0.25) is 0 Å². The Labute approximate surface area is 179 Å². The standard InChI is InChI=1S/C25H19N3O3/c1-15-6-7-16(2)19(13-15)23(29)21-22(20-5-3-4-12-27-20)28(25(31)24(21)30)18-10-8-17(14-26)9-11-18/h3-13,22,29H,1-2H3/b23-21+. The SMILES string of the molecule is Cc1ccc(C)c(/C(O)=C2\C(=O)C(=O)N(c3ccc(C#N)cc3)C2c2ccccn2)c1. The van der Waals surface area contributed by atoms with E-state index >= 15 is 0 Å². The zero-order valence-corrected chi connectivity index (χ0v) is 17.0. The van der Waals surface area contributed by atoms with Crippen molar-refractivity contribution in [2.45, 2.75) is 19.9 Å². The van der Waals surface area contributed by atoms with Crippen LogP contribution in [-0.2, 0) is 9.59 Å². The van der Waals surface area contributed by atoms with Gasteiger partial charge in [-0.15, -0.1) is 0 Å². The minimum absolute atomic E-state index is 0.0123. The second kappa shape index (κ2) is 7.88. The van der Waals surface area contributed by atoms with Crippen molar-refractivity contribution in [1.29, 1.82) is 5.26 Å². The quantitative estimate of drug-likeness (QED) is 0.398. The lowest BCUT2D eigenvalue weighted by molar-refractivity contribution is -0.132. The number of carbonyl (C=O) groups excluding carboxylic acids is 2. The number of aliphatic hydroxyl groups excluding tert-OH is 1. The summed E-state index contributed by atoms with van der Waals surface area (Å²) in [4.78, 5) is 31.9. The van der Waals surface area contributed by atoms with Gasteiger partial charge in [-0.05, 0) is 61.9 Å². The molecule has 3 aromatic rings. The van der Waals surface area contributed by atoms with Crippen LogP contribution >= 0.6 is 0 Å². The van der Waals surface area contributed by atoms with Crippen LogP contribution in [0, 0.1) is 25.2 Å². The molecule has 152 valence electrons. The molecule has 4 rings (SSSR count). The van der Waals surface area contributed by atoms with Crippen LogP contribution in [0.3, 0.4) is 0 Å². The monoisotopic (exact) mass is 409 g/mol. The van der Waals surface area contributed by atoms with Gasteiger partial charge in [-0.3, -0.25) is 19.5 Å². The smallest absolute Gasteiger partial charge is 0.300 e. The van der Waals surface area contributed by atoms with E-state index in [1.165, 1.54) is 4.90 Å². The van der Waals surface area contributed by atoms with Crippen molar-refractivity contribution in [2.75, 3.05) is 4.90 Å². The number of pyridine rings is 1. The van der Waals surface area contributed by atoms with Gasteiger partial charge >= 0.3 is 0 Å². The third-order valence-corrected chi connectivity index (χ3v) is 5.34. The molecule has 1 aliphatic heterocycles. The molecule has 1 aromatic heterocycles. The second-order valence-corrected chi connectivity index (χ2v) is 7.40. The molecule has 0 bridgehead atoms. The minimum Gasteiger partial charge on any atom is -0.507 e. The molecule has 2 aromatic carbocycles. The number of aliphatic hydroxyl groups is 1. The van der Waals surface area contributed by atoms with Crippen molar-refractivity contribution < 1.29 is 14.7 Å². The van der Waals surface area contributed by atoms with Gasteiger partial charge in [0.15, 0.2) is 0 Å². The van der Waals surface area contributed by atoms with Crippen LogP contribution < -0.4 is 4.90 Å². The molecule has 1 N–H and O–H groups in total. The van der Waals surface area contributed by atoms with Crippen molar-refractivity contribution >= 4 is 23.1 Å². The molecule has 6 heteroatoms. The Balaban J connectivity index is 1.96. The van der Waals surface area contributed by atoms with Crippen LogP contribution in [0.15, 0.2) is 72.4 Å². The maximum atomic E-state index is 13.1. The highest BCUT2D eigenvalue weighted by atomic mass is 16.3. The lowest BCUT2D eigenvalue weighted by Gasteiger charge is -2.24. The van der Waals surface area contributed by atoms with Gasteiger partial charge in [-0.1, -0.05) is 23.8 Å². The van der Waals surface area contributed by atoms with E-state index in [1.807, 2.05) is 32.0 Å². The van der Waals surface area contributed by atoms with Gasteiger partial charge < -0.3 is 5.11 Å². The van der Waals surface area contributed by atoms with Crippen LogP contribution in [-0.4, -0.2) is 21.8 Å². The summed E-state index contributed by atoms with van der Waals surface area (Å²) in [6, 6.07) is 18.3. The van der Waals surface area contributed by atoms with Crippen LogP contribution in [0.25, 0.3) is 5.76 Å². The number of aryl methyl sites for hydroxylation is 2. The van der Waals surface area contributed by atoms with E-state index in [0.717, 1.165) is 11.1 Å². The zero-order valence-electron chi connectivity index (χ0n) is 17.0. The Kier molecular flexibility index (Phi) is 5.10. The molecule has 1 fully saturated rings. The van der Waals surface area contributed by atoms with Gasteiger partial charge in [0.05, 0.1) is 22.9 Å². The summed E-state index contributed by atoms with van der Waals surface area (Å²) in [6.07, 6.45) is 1.58. The maximum Gasteiger partial charge on any atom is 0.300 e. The largest absolute Gasteiger partial charge is 0.507 e. The second-order valence-electron chi connectivity index (χ2n) is 7.40. The fourth-order valence-corrected chi connectivity index (χ4v) is 3.75. The Bertz CT molecular complexity index is 1260. The number of ketones is 1. The first-order chi connectivity index (χ1) is 14.9. The predicted molar refractivity (Wildman–Crippen MR) is 116 cm³/mol. The number of hydrogen-bond donors (Lipinski definition) is 1. The molecular formula is C25H19N3O3. The van der Waals surface area contributed by atoms with E-state index < -0.39 is 17.7 Å². The molecule has 0 aliphatic carbocycles. The van der Waals surface area contributed by atoms with E-state index in [-0.39, 0.29) is 11.3 Å². The predicted octanol–water partition coefficient (Wildman–Crippen LogP) is 4.20. The summed E-state index contributed by atoms with van der Waals surface area (Å²) in [5, 5.41) is 20.3. The fourth-order valence-electron chi connectivity index (χ4n) is 3.75. The normalized spacial score (nSPS) is 17.6. The van der Waals surface area contributed by atoms with E-state index in [9.17, 15) is 14.7 Å². The van der Waals surface area contributed by atoms with Gasteiger partial charge in [-0.25, -0.2) is 0 Å². The summed E-state index contributed by atoms with van der Waals surface area (Å²) in [7, 11) is 0. The molecule has 0 saturated carbocycles. The van der Waals surface area contributed by atoms with Crippen molar-refractivity contribution in [3.05, 3.63) is 100 Å². The first kappa shape index (κ1) is 20.0. The Morgan fingerprint density at radius 3 is 2.45 bits per heavy atom. The summed E-state index contributed by atoms with van der Waals surface area (Å²) in [5.41, 5.74) is 3.52. The van der Waals surface area contributed by atoms with Gasteiger partial charge in [0.1, 0.15) is 11.8 Å². The third kappa shape index (κ3) is 3.47. The highest BCUT2D eigenvalue weighted by molar-refractivity contribution is 6.51. The number of rotatable bonds is 3. The molecule has 1 amide bonds. The number of anilines is 1. The fraction of sp³-hybridized carbons (Fsp3) is 0.120. The van der Waals surface area contributed by atoms with Gasteiger partial charge in [0, 0.05) is 17.4 Å². The van der Waals surface area contributed by atoms with E-state index in [4.69, 9.17) is 5.26 Å². The highest BCUT2D eigenvalue weighted by Gasteiger charge is 2.47. The number of carbonyl (C=O) groups is 2. The summed E-state index contributed by atoms with van der Waals surface area (Å²) >= 11 is 0. The molecule has 1 aliphatic rings. The zero-order chi connectivity index (χ0) is 22.1. The number of Topliss-reactive ketones (excluding diaryl/α,β-unsaturated/α-hetero) is 1. The maximum absolute atomic E-state index is 13.1.